The smallest absolute Gasteiger partial charge is 1.00 e. The van der Waals surface area contributed by atoms with Gasteiger partial charge in [0.2, 0.25) is 0 Å². The van der Waals surface area contributed by atoms with Gasteiger partial charge in [-0.1, -0.05) is 13.1 Å². The van der Waals surface area contributed by atoms with Crippen molar-refractivity contribution in [3.63, 3.8) is 0 Å². The monoisotopic (exact) mass is 202 g/mol. The van der Waals surface area contributed by atoms with Gasteiger partial charge >= 0.3 is 29.6 Å². The van der Waals surface area contributed by atoms with E-state index in [1.165, 1.54) is 19.3 Å². The Kier molecular flexibility index (Phi) is 11.0. The zero-order valence-electron chi connectivity index (χ0n) is 7.77. The van der Waals surface area contributed by atoms with Gasteiger partial charge in [-0.15, -0.1) is 0 Å². The molecule has 0 bridgehead atoms. The van der Waals surface area contributed by atoms with Crippen LogP contribution < -0.4 is 42.0 Å². The summed E-state index contributed by atoms with van der Waals surface area (Å²) in [6.07, 6.45) is 4.03. The summed E-state index contributed by atoms with van der Waals surface area (Å²) in [6, 6.07) is 0. The molecule has 0 saturated carbocycles. The van der Waals surface area contributed by atoms with Crippen LogP contribution in [0.5, 0.6) is 0 Å². The largest absolute Gasteiger partial charge is 1.00 e. The second-order valence-corrected chi connectivity index (χ2v) is 6.38. The van der Waals surface area contributed by atoms with Crippen molar-refractivity contribution in [3.05, 3.63) is 0 Å². The van der Waals surface area contributed by atoms with Crippen LogP contribution in [0.2, 0.25) is 13.1 Å². The van der Waals surface area contributed by atoms with Crippen LogP contribution in [0.25, 0.3) is 0 Å². The van der Waals surface area contributed by atoms with Gasteiger partial charge in [0.05, 0.1) is 8.80 Å². The van der Waals surface area contributed by atoms with Crippen molar-refractivity contribution in [2.24, 2.45) is 0 Å². The zero-order valence-corrected chi connectivity index (χ0v) is 11.7. The van der Waals surface area contributed by atoms with Gasteiger partial charge in [-0.3, -0.25) is 0 Å². The predicted molar refractivity (Wildman–Crippen MR) is 42.5 cm³/mol. The van der Waals surface area contributed by atoms with Gasteiger partial charge in [-0.25, -0.2) is 0 Å². The van der Waals surface area contributed by atoms with Crippen LogP contribution in [0.15, 0.2) is 0 Å². The molecule has 1 unspecified atom stereocenters. The molecule has 0 aromatic carbocycles. The Morgan fingerprint density at radius 1 is 1.27 bits per heavy atom. The number of halogens is 1. The molecule has 62 valence electrons. The molecule has 1 fully saturated rings. The Hall–Kier alpha value is 1.47. The van der Waals surface area contributed by atoms with E-state index in [2.05, 4.69) is 13.1 Å². The minimum Gasteiger partial charge on any atom is -1.00 e. The summed E-state index contributed by atoms with van der Waals surface area (Å²) in [5.41, 5.74) is 0.693. The molecule has 1 atom stereocenters. The van der Waals surface area contributed by atoms with Crippen LogP contribution in [0.1, 0.15) is 19.3 Å². The third kappa shape index (κ3) is 5.67. The Morgan fingerprint density at radius 3 is 2.18 bits per heavy atom. The number of ether oxygens (including phenoxy) is 1. The van der Waals surface area contributed by atoms with E-state index in [4.69, 9.17) is 4.74 Å². The average molecular weight is 203 g/mol. The minimum absolute atomic E-state index is 0. The summed E-state index contributed by atoms with van der Waals surface area (Å²) in [5.74, 6) is 0. The summed E-state index contributed by atoms with van der Waals surface area (Å²) < 4.78 is 5.60. The van der Waals surface area contributed by atoms with Crippen LogP contribution >= 0.6 is 0 Å². The van der Waals surface area contributed by atoms with Gasteiger partial charge in [0.25, 0.3) is 0 Å². The van der Waals surface area contributed by atoms with Crippen molar-refractivity contribution in [1.82, 2.24) is 0 Å². The third-order valence-electron chi connectivity index (χ3n) is 1.96. The van der Waals surface area contributed by atoms with Gasteiger partial charge < -0.3 is 17.1 Å². The Labute approximate surface area is 99.6 Å². The quantitative estimate of drug-likeness (QED) is 0.391. The first-order valence-corrected chi connectivity index (χ1v) is 6.90. The van der Waals surface area contributed by atoms with Crippen molar-refractivity contribution in [3.8, 4) is 0 Å². The molecule has 11 heavy (non-hydrogen) atoms. The third-order valence-corrected chi connectivity index (χ3v) is 3.97. The molecule has 1 rings (SSSR count). The van der Waals surface area contributed by atoms with E-state index in [0.29, 0.717) is 5.73 Å². The standard InChI is InChI=1S/C7H16OSi.ClH.Na/c1-9(2)7-5-3-4-6-8-7;;/h7,9H,3-6H2,1-2H3;1H;/q;;+1/p-1. The van der Waals surface area contributed by atoms with Gasteiger partial charge in [0.1, 0.15) is 0 Å². The van der Waals surface area contributed by atoms with Crippen LogP contribution in [0.4, 0.5) is 0 Å². The summed E-state index contributed by atoms with van der Waals surface area (Å²) in [5, 5.41) is 0. The van der Waals surface area contributed by atoms with E-state index in [0.717, 1.165) is 6.61 Å². The first kappa shape index (κ1) is 15.0. The van der Waals surface area contributed by atoms with E-state index >= 15 is 0 Å². The molecule has 1 heterocycles. The number of hydrogen-bond donors (Lipinski definition) is 0. The molecule has 1 aliphatic rings. The van der Waals surface area contributed by atoms with Crippen LogP contribution in [0.3, 0.4) is 0 Å². The fourth-order valence-electron chi connectivity index (χ4n) is 1.29. The summed E-state index contributed by atoms with van der Waals surface area (Å²) in [4.78, 5) is 0. The molecule has 0 aromatic rings. The Morgan fingerprint density at radius 2 is 1.91 bits per heavy atom. The summed E-state index contributed by atoms with van der Waals surface area (Å²) >= 11 is 0. The Bertz CT molecular complexity index is 86.5. The van der Waals surface area contributed by atoms with Crippen LogP contribution in [0, 0.1) is 0 Å². The van der Waals surface area contributed by atoms with E-state index in [1.54, 1.807) is 0 Å². The van der Waals surface area contributed by atoms with Crippen molar-refractivity contribution < 1.29 is 46.7 Å². The maximum Gasteiger partial charge on any atom is 1.00 e. The topological polar surface area (TPSA) is 9.23 Å². The maximum atomic E-state index is 5.60. The molecule has 0 aromatic heterocycles. The number of hydrogen-bond acceptors (Lipinski definition) is 1. The minimum atomic E-state index is -0.474. The normalized spacial score (nSPS) is 23.7. The van der Waals surface area contributed by atoms with Crippen LogP contribution in [-0.2, 0) is 4.74 Å². The molecule has 0 aliphatic carbocycles. The number of rotatable bonds is 1. The first-order valence-electron chi connectivity index (χ1n) is 3.92. The van der Waals surface area contributed by atoms with E-state index in [-0.39, 0.29) is 42.0 Å². The van der Waals surface area contributed by atoms with E-state index < -0.39 is 8.80 Å². The molecular formula is C7H16ClNaOSi. The zero-order chi connectivity index (χ0) is 6.69. The van der Waals surface area contributed by atoms with Gasteiger partial charge in [-0.2, -0.15) is 0 Å². The molecule has 1 nitrogen and oxygen atoms in total. The molecule has 4 heteroatoms. The second-order valence-electron chi connectivity index (χ2n) is 3.15. The SMILES string of the molecule is C[SiH](C)C1CCCCO1.[Cl-].[Na+]. The summed E-state index contributed by atoms with van der Waals surface area (Å²) in [7, 11) is -0.474. The maximum absolute atomic E-state index is 5.60. The van der Waals surface area contributed by atoms with Gasteiger partial charge in [-0.05, 0) is 19.3 Å². The molecule has 0 radical (unpaired) electrons. The van der Waals surface area contributed by atoms with Crippen LogP contribution in [-0.4, -0.2) is 21.1 Å². The van der Waals surface area contributed by atoms with Crippen molar-refractivity contribution >= 4 is 8.80 Å². The van der Waals surface area contributed by atoms with Crippen molar-refractivity contribution in [1.29, 1.82) is 0 Å². The first-order chi connectivity index (χ1) is 4.30. The molecule has 1 aliphatic heterocycles. The molecule has 0 spiro atoms. The molecule has 0 N–H and O–H groups in total. The summed E-state index contributed by atoms with van der Waals surface area (Å²) in [6.45, 7) is 5.77. The van der Waals surface area contributed by atoms with Gasteiger partial charge in [0, 0.05) is 12.3 Å². The molecule has 1 saturated heterocycles. The van der Waals surface area contributed by atoms with E-state index in [1.807, 2.05) is 0 Å². The Balaban J connectivity index is 0. The van der Waals surface area contributed by atoms with E-state index in [9.17, 15) is 0 Å². The fourth-order valence-corrected chi connectivity index (χ4v) is 2.71. The van der Waals surface area contributed by atoms with Gasteiger partial charge in [0.15, 0.2) is 0 Å². The van der Waals surface area contributed by atoms with Crippen molar-refractivity contribution in [2.45, 2.75) is 38.1 Å². The molecule has 0 amide bonds. The van der Waals surface area contributed by atoms with Crippen molar-refractivity contribution in [2.75, 3.05) is 6.61 Å². The second kappa shape index (κ2) is 8.08. The fraction of sp³-hybridized carbons (Fsp3) is 1.00. The predicted octanol–water partition coefficient (Wildman–Crippen LogP) is -4.41. The average Bonchev–Trinajstić information content (AvgIpc) is 1.90. The molecular weight excluding hydrogens is 187 g/mol.